The molecule has 0 radical (unpaired) electrons. The number of nitrogens with one attached hydrogen (secondary N) is 1. The number of allylic oxidation sites excluding steroid dienone is 2. The number of pyridine rings is 1. The van der Waals surface area contributed by atoms with Crippen molar-refractivity contribution in [3.8, 4) is 77.9 Å². The third-order valence-corrected chi connectivity index (χ3v) is 11.8. The van der Waals surface area contributed by atoms with E-state index in [-0.39, 0.29) is 5.41 Å². The predicted molar refractivity (Wildman–Crippen MR) is 240 cm³/mol. The van der Waals surface area contributed by atoms with E-state index in [1.807, 2.05) is 18.5 Å². The van der Waals surface area contributed by atoms with Gasteiger partial charge in [0.15, 0.2) is 0 Å². The van der Waals surface area contributed by atoms with Gasteiger partial charge < -0.3 is 5.32 Å². The first-order chi connectivity index (χ1) is 28.0. The maximum absolute atomic E-state index is 4.36. The molecule has 2 heteroatoms. The monoisotopic (exact) mass is 730 g/mol. The summed E-state index contributed by atoms with van der Waals surface area (Å²) in [5.74, 6) is 0. The Balaban J connectivity index is 1.09. The summed E-state index contributed by atoms with van der Waals surface area (Å²) in [6.07, 6.45) is 10.2. The first kappa shape index (κ1) is 34.5. The average Bonchev–Trinajstić information content (AvgIpc) is 3.52. The maximum Gasteiger partial charge on any atom is 0.0346 e. The number of aromatic nitrogens is 1. The molecular formula is C55H42N2. The van der Waals surface area contributed by atoms with Crippen LogP contribution < -0.4 is 5.32 Å². The van der Waals surface area contributed by atoms with Crippen LogP contribution in [0, 0.1) is 0 Å². The first-order valence-electron chi connectivity index (χ1n) is 19.8. The molecule has 0 spiro atoms. The van der Waals surface area contributed by atoms with Crippen molar-refractivity contribution in [1.29, 1.82) is 0 Å². The normalized spacial score (nSPS) is 13.7. The highest BCUT2D eigenvalue weighted by molar-refractivity contribution is 5.88. The van der Waals surface area contributed by atoms with Gasteiger partial charge in [0.2, 0.25) is 0 Å². The summed E-state index contributed by atoms with van der Waals surface area (Å²) in [4.78, 5) is 4.36. The summed E-state index contributed by atoms with van der Waals surface area (Å²) in [5.41, 5.74) is 22.0. The Morgan fingerprint density at radius 1 is 0.421 bits per heavy atom. The number of hydrogen-bond donors (Lipinski definition) is 1. The van der Waals surface area contributed by atoms with Gasteiger partial charge in [-0.05, 0) is 149 Å². The summed E-state index contributed by atoms with van der Waals surface area (Å²) in [6, 6.07) is 62.7. The van der Waals surface area contributed by atoms with Crippen LogP contribution in [0.5, 0.6) is 0 Å². The van der Waals surface area contributed by atoms with Crippen molar-refractivity contribution >= 4 is 5.57 Å². The van der Waals surface area contributed by atoms with E-state index in [0.29, 0.717) is 0 Å². The Kier molecular flexibility index (Phi) is 8.61. The van der Waals surface area contributed by atoms with E-state index < -0.39 is 0 Å². The largest absolute Gasteiger partial charge is 0.387 e. The van der Waals surface area contributed by atoms with Gasteiger partial charge in [-0.15, -0.1) is 0 Å². The standard InChI is InChI=1S/C55H42N2/c1-55(2)53-22-4-3-21-51(53)52-24-23-45(34-54(52)55)50-32-48(43-17-7-13-39(29-43)37-11-5-15-41(27-37)46-19-9-25-56-35-46)31-49(33-50)44-18-8-14-40(30-44)38-12-6-16-42(28-38)47-20-10-26-57-36-47/h3-25,27-36,57H,26H2,1-2H3. The quantitative estimate of drug-likeness (QED) is 0.177. The molecule has 0 amide bonds. The van der Waals surface area contributed by atoms with Crippen molar-refractivity contribution in [3.63, 3.8) is 0 Å². The fraction of sp³-hybridized carbons (Fsp3) is 0.0727. The summed E-state index contributed by atoms with van der Waals surface area (Å²) in [6.45, 7) is 5.58. The lowest BCUT2D eigenvalue weighted by molar-refractivity contribution is 0.660. The van der Waals surface area contributed by atoms with Crippen LogP contribution in [0.3, 0.4) is 0 Å². The minimum absolute atomic E-state index is 0.0799. The number of hydrogen-bond acceptors (Lipinski definition) is 2. The molecule has 1 aliphatic carbocycles. The number of dihydropyridines is 1. The summed E-state index contributed by atoms with van der Waals surface area (Å²) in [7, 11) is 0. The number of fused-ring (bicyclic) bond motifs is 3. The maximum atomic E-state index is 4.36. The summed E-state index contributed by atoms with van der Waals surface area (Å²) >= 11 is 0. The first-order valence-corrected chi connectivity index (χ1v) is 19.8. The highest BCUT2D eigenvalue weighted by atomic mass is 14.8. The zero-order valence-corrected chi connectivity index (χ0v) is 32.2. The van der Waals surface area contributed by atoms with E-state index in [1.54, 1.807) is 0 Å². The lowest BCUT2D eigenvalue weighted by Crippen LogP contribution is -2.14. The number of nitrogens with zero attached hydrogens (tertiary/aromatic N) is 1. The zero-order chi connectivity index (χ0) is 38.3. The highest BCUT2D eigenvalue weighted by Crippen LogP contribution is 2.50. The molecule has 8 aromatic rings. The molecule has 0 bridgehead atoms. The average molecular weight is 731 g/mol. The Morgan fingerprint density at radius 3 is 1.46 bits per heavy atom. The Hall–Kier alpha value is -7.03. The minimum Gasteiger partial charge on any atom is -0.387 e. The minimum atomic E-state index is -0.0799. The number of benzene rings is 7. The lowest BCUT2D eigenvalue weighted by atomic mass is 9.81. The Labute approximate surface area is 335 Å². The van der Waals surface area contributed by atoms with Crippen molar-refractivity contribution < 1.29 is 0 Å². The molecule has 0 saturated carbocycles. The van der Waals surface area contributed by atoms with Gasteiger partial charge in [0, 0.05) is 36.1 Å². The van der Waals surface area contributed by atoms with Crippen molar-refractivity contribution in [2.24, 2.45) is 0 Å². The fourth-order valence-corrected chi connectivity index (χ4v) is 8.71. The van der Waals surface area contributed by atoms with Gasteiger partial charge in [-0.3, -0.25) is 4.98 Å². The van der Waals surface area contributed by atoms with E-state index >= 15 is 0 Å². The van der Waals surface area contributed by atoms with E-state index in [4.69, 9.17) is 0 Å². The molecule has 2 nitrogen and oxygen atoms in total. The molecule has 272 valence electrons. The molecule has 10 rings (SSSR count). The van der Waals surface area contributed by atoms with E-state index in [1.165, 1.54) is 89.0 Å². The topological polar surface area (TPSA) is 24.9 Å². The molecule has 2 aliphatic rings. The number of rotatable bonds is 7. The molecule has 1 N–H and O–H groups in total. The second-order valence-corrected chi connectivity index (χ2v) is 15.7. The second kappa shape index (κ2) is 14.2. The molecule has 7 aromatic carbocycles. The summed E-state index contributed by atoms with van der Waals surface area (Å²) < 4.78 is 0. The molecule has 0 saturated heterocycles. The molecule has 1 aromatic heterocycles. The Bertz CT molecular complexity index is 2870. The van der Waals surface area contributed by atoms with Gasteiger partial charge in [-0.25, -0.2) is 0 Å². The predicted octanol–water partition coefficient (Wildman–Crippen LogP) is 13.9. The van der Waals surface area contributed by atoms with E-state index in [9.17, 15) is 0 Å². The molecule has 1 aliphatic heterocycles. The van der Waals surface area contributed by atoms with Crippen LogP contribution in [0.1, 0.15) is 30.5 Å². The van der Waals surface area contributed by atoms with Crippen LogP contribution in [-0.4, -0.2) is 11.5 Å². The van der Waals surface area contributed by atoms with Gasteiger partial charge in [0.1, 0.15) is 0 Å². The van der Waals surface area contributed by atoms with Crippen LogP contribution in [0.25, 0.3) is 83.5 Å². The molecule has 0 fully saturated rings. The van der Waals surface area contributed by atoms with Gasteiger partial charge in [0.05, 0.1) is 0 Å². The fourth-order valence-electron chi connectivity index (χ4n) is 8.71. The van der Waals surface area contributed by atoms with Gasteiger partial charge in [0.25, 0.3) is 0 Å². The van der Waals surface area contributed by atoms with Gasteiger partial charge in [-0.2, -0.15) is 0 Å². The second-order valence-electron chi connectivity index (χ2n) is 15.7. The van der Waals surface area contributed by atoms with E-state index in [2.05, 4.69) is 206 Å². The van der Waals surface area contributed by atoms with Gasteiger partial charge >= 0.3 is 0 Å². The Morgan fingerprint density at radius 2 is 0.895 bits per heavy atom. The van der Waals surface area contributed by atoms with Crippen LogP contribution in [0.4, 0.5) is 0 Å². The third-order valence-electron chi connectivity index (χ3n) is 11.8. The summed E-state index contributed by atoms with van der Waals surface area (Å²) in [5, 5.41) is 3.35. The van der Waals surface area contributed by atoms with Crippen LogP contribution in [0.15, 0.2) is 201 Å². The smallest absolute Gasteiger partial charge is 0.0346 e. The van der Waals surface area contributed by atoms with Crippen molar-refractivity contribution in [1.82, 2.24) is 10.3 Å². The van der Waals surface area contributed by atoms with Crippen molar-refractivity contribution in [2.45, 2.75) is 19.3 Å². The van der Waals surface area contributed by atoms with Crippen LogP contribution in [-0.2, 0) is 5.41 Å². The molecule has 0 unspecified atom stereocenters. The van der Waals surface area contributed by atoms with Gasteiger partial charge in [-0.1, -0.05) is 141 Å². The molecule has 0 atom stereocenters. The molecule has 57 heavy (non-hydrogen) atoms. The SMILES string of the molecule is CC1(C)c2ccccc2-c2ccc(-c3cc(-c4cccc(-c5cccc(C6=CNCC=C6)c5)c4)cc(-c4cccc(-c5cccc(-c6cccnc6)c5)c4)c3)cc21. The highest BCUT2D eigenvalue weighted by Gasteiger charge is 2.35. The zero-order valence-electron chi connectivity index (χ0n) is 32.2. The van der Waals surface area contributed by atoms with Crippen molar-refractivity contribution in [2.75, 3.05) is 6.54 Å². The molecular weight excluding hydrogens is 689 g/mol. The van der Waals surface area contributed by atoms with Crippen molar-refractivity contribution in [3.05, 3.63) is 217 Å². The van der Waals surface area contributed by atoms with E-state index in [0.717, 1.165) is 17.7 Å². The van der Waals surface area contributed by atoms with Crippen LogP contribution in [0.2, 0.25) is 0 Å². The lowest BCUT2D eigenvalue weighted by Gasteiger charge is -2.22. The molecule has 2 heterocycles. The van der Waals surface area contributed by atoms with Crippen LogP contribution >= 0.6 is 0 Å². The third kappa shape index (κ3) is 6.50.